The summed E-state index contributed by atoms with van der Waals surface area (Å²) in [5.74, 6) is -1.09. The molecule has 0 aliphatic heterocycles. The van der Waals surface area contributed by atoms with Gasteiger partial charge in [-0.05, 0) is 49.4 Å². The lowest BCUT2D eigenvalue weighted by Gasteiger charge is -2.14. The van der Waals surface area contributed by atoms with Gasteiger partial charge in [0.1, 0.15) is 0 Å². The standard InChI is InChI=1S/C21H19Cl2N5O4S/c1-11(24-19(30)13-5-8-15(22)16(23)9-13)18-26-27-21(28(18)2)33-10-17(29)25-14-6-3-12(4-7-14)20(31)32/h3-9,11H,10H2,1-2H3,(H,24,30)(H,25,29)(H,31,32)/t11-/m0/s1. The number of rotatable bonds is 8. The van der Waals surface area contributed by atoms with E-state index in [1.165, 1.54) is 42.1 Å². The van der Waals surface area contributed by atoms with Gasteiger partial charge in [0.25, 0.3) is 5.91 Å². The average Bonchev–Trinajstić information content (AvgIpc) is 3.14. The zero-order valence-electron chi connectivity index (χ0n) is 17.5. The van der Waals surface area contributed by atoms with E-state index < -0.39 is 12.0 Å². The lowest BCUT2D eigenvalue weighted by atomic mass is 10.2. The number of aromatic carboxylic acids is 1. The number of carbonyl (C=O) groups excluding carboxylic acids is 2. The molecule has 3 aromatic rings. The summed E-state index contributed by atoms with van der Waals surface area (Å²) in [6.07, 6.45) is 0. The summed E-state index contributed by atoms with van der Waals surface area (Å²) in [6.45, 7) is 1.77. The van der Waals surface area contributed by atoms with Gasteiger partial charge in [-0.2, -0.15) is 0 Å². The number of benzene rings is 2. The lowest BCUT2D eigenvalue weighted by Crippen LogP contribution is -2.28. The Balaban J connectivity index is 1.57. The fourth-order valence-electron chi connectivity index (χ4n) is 2.83. The zero-order valence-corrected chi connectivity index (χ0v) is 19.8. The highest BCUT2D eigenvalue weighted by molar-refractivity contribution is 7.99. The van der Waals surface area contributed by atoms with Crippen LogP contribution in [0.4, 0.5) is 5.69 Å². The number of nitrogens with one attached hydrogen (secondary N) is 2. The highest BCUT2D eigenvalue weighted by atomic mass is 35.5. The van der Waals surface area contributed by atoms with E-state index in [4.69, 9.17) is 28.3 Å². The third-order valence-corrected chi connectivity index (χ3v) is 6.29. The maximum Gasteiger partial charge on any atom is 0.335 e. The van der Waals surface area contributed by atoms with Crippen molar-refractivity contribution in [3.8, 4) is 0 Å². The highest BCUT2D eigenvalue weighted by Gasteiger charge is 2.19. The molecular weight excluding hydrogens is 489 g/mol. The molecule has 0 unspecified atom stereocenters. The number of hydrogen-bond donors (Lipinski definition) is 3. The van der Waals surface area contributed by atoms with Crippen molar-refractivity contribution in [2.45, 2.75) is 18.1 Å². The van der Waals surface area contributed by atoms with Crippen LogP contribution in [-0.2, 0) is 11.8 Å². The maximum absolute atomic E-state index is 12.5. The number of halogens is 2. The van der Waals surface area contributed by atoms with Crippen molar-refractivity contribution in [2.24, 2.45) is 7.05 Å². The molecule has 0 radical (unpaired) electrons. The van der Waals surface area contributed by atoms with E-state index in [2.05, 4.69) is 20.8 Å². The molecular formula is C21H19Cl2N5O4S. The Kier molecular flexibility index (Phi) is 7.96. The molecule has 0 saturated heterocycles. The molecule has 3 N–H and O–H groups in total. The molecule has 2 amide bonds. The quantitative estimate of drug-likeness (QED) is 0.392. The minimum absolute atomic E-state index is 0.0661. The van der Waals surface area contributed by atoms with Crippen molar-refractivity contribution in [3.05, 3.63) is 69.5 Å². The number of carboxylic acids is 1. The summed E-state index contributed by atoms with van der Waals surface area (Å²) in [7, 11) is 1.74. The van der Waals surface area contributed by atoms with E-state index in [1.54, 1.807) is 30.7 Å². The molecule has 1 atom stereocenters. The van der Waals surface area contributed by atoms with Crippen LogP contribution in [0.3, 0.4) is 0 Å². The summed E-state index contributed by atoms with van der Waals surface area (Å²) in [4.78, 5) is 35.6. The number of thioether (sulfide) groups is 1. The van der Waals surface area contributed by atoms with Gasteiger partial charge in [-0.3, -0.25) is 9.59 Å². The van der Waals surface area contributed by atoms with E-state index in [-0.39, 0.29) is 28.2 Å². The first-order chi connectivity index (χ1) is 15.7. The Bertz CT molecular complexity index is 1200. The number of carboxylic acid groups (broad SMARTS) is 1. The smallest absolute Gasteiger partial charge is 0.335 e. The highest BCUT2D eigenvalue weighted by Crippen LogP contribution is 2.24. The molecule has 33 heavy (non-hydrogen) atoms. The number of carbonyl (C=O) groups is 3. The van der Waals surface area contributed by atoms with Crippen molar-refractivity contribution in [2.75, 3.05) is 11.1 Å². The van der Waals surface area contributed by atoms with Crippen molar-refractivity contribution in [3.63, 3.8) is 0 Å². The monoisotopic (exact) mass is 507 g/mol. The number of amides is 2. The average molecular weight is 508 g/mol. The molecule has 2 aromatic carbocycles. The fourth-order valence-corrected chi connectivity index (χ4v) is 3.85. The van der Waals surface area contributed by atoms with Gasteiger partial charge in [-0.1, -0.05) is 35.0 Å². The van der Waals surface area contributed by atoms with Gasteiger partial charge in [-0.15, -0.1) is 10.2 Å². The summed E-state index contributed by atoms with van der Waals surface area (Å²) in [5, 5.41) is 23.8. The Hall–Kier alpha value is -3.08. The summed E-state index contributed by atoms with van der Waals surface area (Å²) in [6, 6.07) is 10.0. The predicted molar refractivity (Wildman–Crippen MR) is 126 cm³/mol. The topological polar surface area (TPSA) is 126 Å². The van der Waals surface area contributed by atoms with Crippen LogP contribution in [0.15, 0.2) is 47.6 Å². The molecule has 1 aromatic heterocycles. The number of anilines is 1. The predicted octanol–water partition coefficient (Wildman–Crippen LogP) is 4.04. The van der Waals surface area contributed by atoms with Crippen LogP contribution in [0.5, 0.6) is 0 Å². The fraction of sp³-hybridized carbons (Fsp3) is 0.190. The van der Waals surface area contributed by atoms with Crippen molar-refractivity contribution < 1.29 is 19.5 Å². The molecule has 0 bridgehead atoms. The molecule has 1 heterocycles. The summed E-state index contributed by atoms with van der Waals surface area (Å²) < 4.78 is 1.69. The maximum atomic E-state index is 12.5. The van der Waals surface area contributed by atoms with Crippen LogP contribution in [0, 0.1) is 0 Å². The van der Waals surface area contributed by atoms with Crippen LogP contribution in [-0.4, -0.2) is 43.4 Å². The first-order valence-corrected chi connectivity index (χ1v) is 11.3. The largest absolute Gasteiger partial charge is 0.478 e. The second-order valence-electron chi connectivity index (χ2n) is 6.94. The summed E-state index contributed by atoms with van der Waals surface area (Å²) in [5.41, 5.74) is 0.985. The van der Waals surface area contributed by atoms with Gasteiger partial charge in [0, 0.05) is 18.3 Å². The Morgan fingerprint density at radius 2 is 1.73 bits per heavy atom. The Morgan fingerprint density at radius 1 is 1.06 bits per heavy atom. The number of nitrogens with zero attached hydrogens (tertiary/aromatic N) is 3. The molecule has 0 saturated carbocycles. The normalized spacial score (nSPS) is 11.6. The van der Waals surface area contributed by atoms with E-state index in [9.17, 15) is 14.4 Å². The van der Waals surface area contributed by atoms with E-state index in [0.717, 1.165) is 0 Å². The van der Waals surface area contributed by atoms with E-state index in [1.807, 2.05) is 0 Å². The molecule has 9 nitrogen and oxygen atoms in total. The zero-order chi connectivity index (χ0) is 24.1. The Labute approximate surface area is 203 Å². The summed E-state index contributed by atoms with van der Waals surface area (Å²) >= 11 is 13.0. The molecule has 0 fully saturated rings. The van der Waals surface area contributed by atoms with Crippen molar-refractivity contribution in [1.82, 2.24) is 20.1 Å². The van der Waals surface area contributed by atoms with Gasteiger partial charge < -0.3 is 20.3 Å². The van der Waals surface area contributed by atoms with Crippen LogP contribution in [0.1, 0.15) is 39.5 Å². The molecule has 0 aliphatic carbocycles. The minimum Gasteiger partial charge on any atom is -0.478 e. The molecule has 12 heteroatoms. The van der Waals surface area contributed by atoms with E-state index >= 15 is 0 Å². The molecule has 172 valence electrons. The number of aromatic nitrogens is 3. The second kappa shape index (κ2) is 10.7. The van der Waals surface area contributed by atoms with Crippen molar-refractivity contribution in [1.29, 1.82) is 0 Å². The first-order valence-electron chi connectivity index (χ1n) is 9.57. The Morgan fingerprint density at radius 3 is 2.36 bits per heavy atom. The van der Waals surface area contributed by atoms with Gasteiger partial charge >= 0.3 is 5.97 Å². The van der Waals surface area contributed by atoms with Gasteiger partial charge in [0.15, 0.2) is 11.0 Å². The lowest BCUT2D eigenvalue weighted by molar-refractivity contribution is -0.113. The molecule has 0 aliphatic rings. The van der Waals surface area contributed by atoms with Crippen LogP contribution in [0.25, 0.3) is 0 Å². The third kappa shape index (κ3) is 6.25. The van der Waals surface area contributed by atoms with Crippen LogP contribution < -0.4 is 10.6 Å². The minimum atomic E-state index is -1.04. The third-order valence-electron chi connectivity index (χ3n) is 4.53. The molecule has 3 rings (SSSR count). The van der Waals surface area contributed by atoms with Gasteiger partial charge in [0.05, 0.1) is 27.4 Å². The molecule has 0 spiro atoms. The number of hydrogen-bond acceptors (Lipinski definition) is 6. The van der Waals surface area contributed by atoms with Gasteiger partial charge in [-0.25, -0.2) is 4.79 Å². The van der Waals surface area contributed by atoms with Crippen LogP contribution >= 0.6 is 35.0 Å². The van der Waals surface area contributed by atoms with Gasteiger partial charge in [0.2, 0.25) is 5.91 Å². The van der Waals surface area contributed by atoms with Crippen molar-refractivity contribution >= 4 is 58.4 Å². The van der Waals surface area contributed by atoms with E-state index in [0.29, 0.717) is 27.3 Å². The van der Waals surface area contributed by atoms with Crippen LogP contribution in [0.2, 0.25) is 10.0 Å². The first kappa shape index (κ1) is 24.6. The second-order valence-corrected chi connectivity index (χ2v) is 8.70. The SMILES string of the molecule is C[C@H](NC(=O)c1ccc(Cl)c(Cl)c1)c1nnc(SCC(=O)Nc2ccc(C(=O)O)cc2)n1C.